The Bertz CT molecular complexity index is 5090. The van der Waals surface area contributed by atoms with Crippen molar-refractivity contribution in [2.24, 2.45) is 33.5 Å². The van der Waals surface area contributed by atoms with Gasteiger partial charge in [0.1, 0.15) is 0 Å². The van der Waals surface area contributed by atoms with Crippen LogP contribution in [0.1, 0.15) is 235 Å². The first-order valence-electron chi connectivity index (χ1n) is 37.1. The van der Waals surface area contributed by atoms with Crippen molar-refractivity contribution < 1.29 is 0 Å². The Morgan fingerprint density at radius 2 is 1.22 bits per heavy atom. The van der Waals surface area contributed by atoms with Gasteiger partial charge in [-0.05, 0) is 151 Å². The predicted octanol–water partition coefficient (Wildman–Crippen LogP) is 23.6. The molecule has 8 aromatic rings. The van der Waals surface area contributed by atoms with Crippen molar-refractivity contribution in [1.29, 1.82) is 0 Å². The molecule has 0 saturated carbocycles. The van der Waals surface area contributed by atoms with E-state index in [4.69, 9.17) is 7.49 Å². The summed E-state index contributed by atoms with van der Waals surface area (Å²) < 4.78 is 5.48. The van der Waals surface area contributed by atoms with Crippen LogP contribution in [0.4, 0.5) is 22.7 Å². The third-order valence-corrected chi connectivity index (χ3v) is 24.6. The first kappa shape index (κ1) is 63.3. The summed E-state index contributed by atoms with van der Waals surface area (Å²) in [6.07, 6.45) is 31.5. The average Bonchev–Trinajstić information content (AvgIpc) is 1.50. The Morgan fingerprint density at radius 1 is 0.531 bits per heavy atom. The fourth-order valence-electron chi connectivity index (χ4n) is 18.8. The second kappa shape index (κ2) is 21.4. The number of rotatable bonds is 3. The van der Waals surface area contributed by atoms with Crippen molar-refractivity contribution in [3.05, 3.63) is 241 Å². The molecular weight excluding hydrogens is 1180 g/mol. The molecule has 5 unspecified atom stereocenters. The fraction of sp³-hybridized carbons (Fsp3) is 0.387. The van der Waals surface area contributed by atoms with Crippen molar-refractivity contribution in [3.63, 3.8) is 0 Å². The van der Waals surface area contributed by atoms with Crippen LogP contribution in [0.25, 0.3) is 62.1 Å². The summed E-state index contributed by atoms with van der Waals surface area (Å²) in [5, 5.41) is 2.55. The molecule has 2 aromatic heterocycles. The van der Waals surface area contributed by atoms with E-state index in [1.54, 1.807) is 16.7 Å². The van der Waals surface area contributed by atoms with Gasteiger partial charge >= 0.3 is 239 Å². The van der Waals surface area contributed by atoms with Gasteiger partial charge in [0.2, 0.25) is 0 Å². The minimum absolute atomic E-state index is 0.00429. The van der Waals surface area contributed by atoms with Crippen LogP contribution in [0.2, 0.25) is 0 Å². The number of aromatic nitrogens is 2. The van der Waals surface area contributed by atoms with Crippen LogP contribution in [0.3, 0.4) is 0 Å². The molecule has 17 rings (SSSR count). The number of benzene rings is 6. The van der Waals surface area contributed by atoms with Gasteiger partial charge < -0.3 is 4.57 Å². The van der Waals surface area contributed by atoms with Crippen LogP contribution >= 0.6 is 0 Å². The topological polar surface area (TPSA) is 16.3 Å². The first-order valence-corrected chi connectivity index (χ1v) is 37.1. The van der Waals surface area contributed by atoms with E-state index in [1.165, 1.54) is 145 Å². The normalized spacial score (nSPS) is 22.0. The third-order valence-electron chi connectivity index (χ3n) is 24.6. The third kappa shape index (κ3) is 9.67. The van der Waals surface area contributed by atoms with Gasteiger partial charge in [0.25, 0.3) is 0 Å². The Labute approximate surface area is 586 Å². The Morgan fingerprint density at radius 3 is 1.95 bits per heavy atom. The zero-order valence-corrected chi connectivity index (χ0v) is 61.9. The Kier molecular flexibility index (Phi) is 13.9. The average molecular weight is 1290 g/mol. The molecule has 0 bridgehead atoms. The molecule has 9 aliphatic rings. The van der Waals surface area contributed by atoms with Gasteiger partial charge in [0.05, 0.1) is 17.4 Å². The number of allylic oxidation sites excluding steroid dienone is 11. The van der Waals surface area contributed by atoms with Crippen molar-refractivity contribution in [2.75, 3.05) is 16.3 Å². The van der Waals surface area contributed by atoms with Crippen molar-refractivity contribution in [3.8, 4) is 11.4 Å². The summed E-state index contributed by atoms with van der Waals surface area (Å²) in [5.74, 6) is 0.923. The maximum atomic E-state index is 4.86. The van der Waals surface area contributed by atoms with E-state index >= 15 is 0 Å². The molecule has 0 N–H and O–H groups in total. The van der Waals surface area contributed by atoms with E-state index in [1.807, 2.05) is 0 Å². The molecule has 0 amide bonds. The summed E-state index contributed by atoms with van der Waals surface area (Å²) in [7, 11) is 4.86. The molecule has 5 heterocycles. The summed E-state index contributed by atoms with van der Waals surface area (Å²) in [6, 6.07) is 41.6. The van der Waals surface area contributed by atoms with Crippen LogP contribution in [0.15, 0.2) is 168 Å². The summed E-state index contributed by atoms with van der Waals surface area (Å²) in [5.41, 5.74) is 39.2. The SMILES string of the molecule is B=C1CC(C(C)(C)C)/C=C\CN(c2ccc(-n3c4ccccc4c4ccc5c(c43)N(c3cc4c6c(c3)-n3c7c(c8c3C(=CC(C(C)(C)C)C8)C6c3cc(C(C)(C)C)cc6c3C(=C4)C3=C6C=C(C(C)(C)C)CC3)C=C(C(C)(C)C)CC7)C3C=CC=CC53)cc2)c2ccc(C(C)(C)C)cc21. The van der Waals surface area contributed by atoms with Gasteiger partial charge in [-0.1, -0.05) is 155 Å². The van der Waals surface area contributed by atoms with Gasteiger partial charge in [-0.15, -0.1) is 0 Å². The predicted molar refractivity (Wildman–Crippen MR) is 423 cm³/mol. The van der Waals surface area contributed by atoms with Gasteiger partial charge in [-0.2, -0.15) is 0 Å². The van der Waals surface area contributed by atoms with Crippen molar-refractivity contribution in [1.82, 2.24) is 9.13 Å². The van der Waals surface area contributed by atoms with E-state index in [-0.39, 0.29) is 50.4 Å². The zero-order valence-electron chi connectivity index (χ0n) is 61.9. The second-order valence-corrected chi connectivity index (χ2v) is 37.0. The van der Waals surface area contributed by atoms with Gasteiger partial charge in [0, 0.05) is 23.2 Å². The van der Waals surface area contributed by atoms with Crippen LogP contribution in [-0.4, -0.2) is 34.7 Å². The zero-order chi connectivity index (χ0) is 68.6. The molecule has 3 aliphatic heterocycles. The number of hydrogen-bond donors (Lipinski definition) is 0. The Hall–Kier alpha value is -8.15. The molecule has 0 radical (unpaired) electrons. The Balaban J connectivity index is 0.918. The van der Waals surface area contributed by atoms with Gasteiger partial charge in [-0.25, -0.2) is 0 Å². The molecule has 5 heteroatoms. The first-order chi connectivity index (χ1) is 46.3. The molecule has 0 saturated heterocycles. The number of para-hydroxylation sites is 1. The standard InChI is InChI=1S/C93H101BN4/c1-88(2,3)54-24-23-41-95(77-39-30-57(91(10,11)12)46-73(77)76(94)51-54)60-32-34-61(35-33-60)96-78-27-21-19-25-64(78)66-37-38-67-65-26-20-22-28-79(65)97(87(67)86(66)96)62-42-53-43-70-63-36-29-55(89(4,5)6)44-68(63)71-47-58(92(13,14)15)49-74(83(70)71)84-75-50-59(93(16,17)18)48-72-69-45-56(90(7,8)9)31-40-80(69)98(85(72)75)81(52-62)82(53)84/h19-28,30,32-35,37-39,42-47,49-50,52,54,59,65,79,84,94H,29,31,36,40-41,48,51H2,1-18H3/b24-23-. The van der Waals surface area contributed by atoms with E-state index in [2.05, 4.69) is 307 Å². The molecule has 4 nitrogen and oxygen atoms in total. The quantitative estimate of drug-likeness (QED) is 0.129. The van der Waals surface area contributed by atoms with Crippen LogP contribution < -0.4 is 9.80 Å². The number of anilines is 4. The van der Waals surface area contributed by atoms with Crippen LogP contribution in [0.5, 0.6) is 0 Å². The number of nitrogens with zero attached hydrogens (tertiary/aromatic N) is 4. The molecule has 0 spiro atoms. The van der Waals surface area contributed by atoms with Gasteiger partial charge in [-0.3, -0.25) is 0 Å². The van der Waals surface area contributed by atoms with E-state index in [0.29, 0.717) is 11.8 Å². The minimum atomic E-state index is -0.0654. The number of fused-ring (bicyclic) bond motifs is 16. The monoisotopic (exact) mass is 1280 g/mol. The second-order valence-electron chi connectivity index (χ2n) is 37.0. The fourth-order valence-corrected chi connectivity index (χ4v) is 18.8. The van der Waals surface area contributed by atoms with Crippen molar-refractivity contribution >= 4 is 86.4 Å². The molecule has 5 atom stereocenters. The molecule has 6 aliphatic carbocycles. The number of hydrogen-bond acceptors (Lipinski definition) is 2. The molecule has 6 aromatic carbocycles. The van der Waals surface area contributed by atoms with E-state index in [9.17, 15) is 0 Å². The van der Waals surface area contributed by atoms with Gasteiger partial charge in [0.15, 0.2) is 0 Å². The van der Waals surface area contributed by atoms with E-state index in [0.717, 1.165) is 50.8 Å². The van der Waals surface area contributed by atoms with Crippen molar-refractivity contribution in [2.45, 2.75) is 192 Å². The summed E-state index contributed by atoms with van der Waals surface area (Å²) in [6.45, 7) is 44.2. The molecule has 0 fully saturated rings. The van der Waals surface area contributed by atoms with E-state index < -0.39 is 0 Å². The van der Waals surface area contributed by atoms with Crippen LogP contribution in [0, 0.1) is 33.5 Å². The maximum absolute atomic E-state index is 4.86. The molecule has 496 valence electrons. The molecular formula is C93H101BN4. The summed E-state index contributed by atoms with van der Waals surface area (Å²) >= 11 is 0. The molecule has 98 heavy (non-hydrogen) atoms. The summed E-state index contributed by atoms with van der Waals surface area (Å²) in [4.78, 5) is 5.34. The van der Waals surface area contributed by atoms with Crippen LogP contribution in [-0.2, 0) is 23.7 Å².